The average molecular weight is 395 g/mol. The summed E-state index contributed by atoms with van der Waals surface area (Å²) >= 11 is 0. The first-order valence-electron chi connectivity index (χ1n) is 9.82. The molecule has 0 bridgehead atoms. The molecule has 0 radical (unpaired) electrons. The fourth-order valence-corrected chi connectivity index (χ4v) is 3.86. The fourth-order valence-electron chi connectivity index (χ4n) is 3.86. The van der Waals surface area contributed by atoms with E-state index in [1.54, 1.807) is 7.11 Å². The first-order valence-corrected chi connectivity index (χ1v) is 9.82. The quantitative estimate of drug-likeness (QED) is 0.710. The van der Waals surface area contributed by atoms with Crippen LogP contribution in [0.15, 0.2) is 28.8 Å². The summed E-state index contributed by atoms with van der Waals surface area (Å²) in [5.74, 6) is 2.15. The van der Waals surface area contributed by atoms with Crippen LogP contribution in [0.3, 0.4) is 0 Å². The smallest absolute Gasteiger partial charge is 0.263 e. The van der Waals surface area contributed by atoms with Crippen LogP contribution in [-0.2, 0) is 11.3 Å². The molecule has 1 aliphatic heterocycles. The zero-order chi connectivity index (χ0) is 20.4. The van der Waals surface area contributed by atoms with Crippen molar-refractivity contribution in [1.29, 1.82) is 0 Å². The van der Waals surface area contributed by atoms with Gasteiger partial charge in [-0.2, -0.15) is 4.98 Å². The lowest BCUT2D eigenvalue weighted by Crippen LogP contribution is -2.43. The highest BCUT2D eigenvalue weighted by molar-refractivity contribution is 5.88. The normalized spacial score (nSPS) is 16.8. The number of amides is 1. The molecule has 29 heavy (non-hydrogen) atoms. The number of hydrogen-bond donors (Lipinski definition) is 1. The maximum absolute atomic E-state index is 12.9. The second-order valence-corrected chi connectivity index (χ2v) is 7.36. The summed E-state index contributed by atoms with van der Waals surface area (Å²) in [4.78, 5) is 24.0. The van der Waals surface area contributed by atoms with Crippen molar-refractivity contribution in [2.75, 3.05) is 25.1 Å². The van der Waals surface area contributed by atoms with E-state index in [1.807, 2.05) is 38.1 Å². The number of anilines is 1. The van der Waals surface area contributed by atoms with Crippen molar-refractivity contribution in [2.45, 2.75) is 33.2 Å². The van der Waals surface area contributed by atoms with Gasteiger partial charge in [-0.15, -0.1) is 0 Å². The van der Waals surface area contributed by atoms with Crippen molar-refractivity contribution >= 4 is 22.8 Å². The lowest BCUT2D eigenvalue weighted by molar-refractivity contribution is -0.125. The lowest BCUT2D eigenvalue weighted by atomic mass is 9.96. The molecule has 152 valence electrons. The van der Waals surface area contributed by atoms with Gasteiger partial charge in [-0.3, -0.25) is 4.79 Å². The Morgan fingerprint density at radius 3 is 2.97 bits per heavy atom. The van der Waals surface area contributed by atoms with E-state index in [-0.39, 0.29) is 11.8 Å². The molecule has 4 rings (SSSR count). The highest BCUT2D eigenvalue weighted by atomic mass is 16.5. The molecule has 0 saturated carbocycles. The third kappa shape index (κ3) is 3.87. The second-order valence-electron chi connectivity index (χ2n) is 7.36. The maximum Gasteiger partial charge on any atom is 0.263 e. The van der Waals surface area contributed by atoms with E-state index in [4.69, 9.17) is 9.26 Å². The van der Waals surface area contributed by atoms with Crippen LogP contribution in [-0.4, -0.2) is 41.2 Å². The number of nitrogens with one attached hydrogen (secondary N) is 1. The fraction of sp³-hybridized carbons (Fsp3) is 0.429. The Kier molecular flexibility index (Phi) is 5.33. The van der Waals surface area contributed by atoms with Crippen LogP contribution in [0.2, 0.25) is 0 Å². The monoisotopic (exact) mass is 395 g/mol. The van der Waals surface area contributed by atoms with Gasteiger partial charge in [0, 0.05) is 25.2 Å². The number of nitrogens with zero attached hydrogens (tertiary/aromatic N) is 4. The Morgan fingerprint density at radius 2 is 2.14 bits per heavy atom. The zero-order valence-electron chi connectivity index (χ0n) is 16.9. The van der Waals surface area contributed by atoms with Crippen molar-refractivity contribution in [3.63, 3.8) is 0 Å². The third-order valence-electron chi connectivity index (χ3n) is 5.34. The summed E-state index contributed by atoms with van der Waals surface area (Å²) in [6.45, 7) is 5.61. The van der Waals surface area contributed by atoms with Gasteiger partial charge in [0.25, 0.3) is 5.71 Å². The molecule has 8 nitrogen and oxygen atoms in total. The van der Waals surface area contributed by atoms with E-state index < -0.39 is 0 Å². The largest absolute Gasteiger partial charge is 0.496 e. The minimum Gasteiger partial charge on any atom is -0.496 e. The Hall–Kier alpha value is -3.16. The Labute approximate surface area is 169 Å². The van der Waals surface area contributed by atoms with Crippen LogP contribution in [0, 0.1) is 19.8 Å². The summed E-state index contributed by atoms with van der Waals surface area (Å²) < 4.78 is 10.7. The molecular weight excluding hydrogens is 370 g/mol. The van der Waals surface area contributed by atoms with Gasteiger partial charge in [0.2, 0.25) is 5.91 Å². The molecule has 1 saturated heterocycles. The number of carbonyl (C=O) groups is 1. The number of fused-ring (bicyclic) bond motifs is 1. The summed E-state index contributed by atoms with van der Waals surface area (Å²) in [6.07, 6.45) is 1.77. The number of carbonyl (C=O) groups excluding carboxylic acids is 1. The number of aromatic nitrogens is 3. The van der Waals surface area contributed by atoms with E-state index in [0.717, 1.165) is 47.6 Å². The molecule has 8 heteroatoms. The molecular formula is C21H25N5O3. The summed E-state index contributed by atoms with van der Waals surface area (Å²) in [7, 11) is 1.64. The molecule has 3 aromatic rings. The highest BCUT2D eigenvalue weighted by Gasteiger charge is 2.29. The predicted molar refractivity (Wildman–Crippen MR) is 109 cm³/mol. The van der Waals surface area contributed by atoms with E-state index in [1.165, 1.54) is 0 Å². The molecule has 1 aromatic carbocycles. The minimum atomic E-state index is -0.107. The van der Waals surface area contributed by atoms with Crippen LogP contribution in [0.4, 0.5) is 5.82 Å². The topological polar surface area (TPSA) is 93.4 Å². The van der Waals surface area contributed by atoms with Gasteiger partial charge in [-0.1, -0.05) is 23.4 Å². The standard InChI is InChI=1S/C21H25N5O3/c1-13-18-19(23-14(2)24-21(18)29-25-13)26-10-6-8-16(12-26)20(27)22-11-15-7-4-5-9-17(15)28-3/h4-5,7,9,16H,6,8,10-12H2,1-3H3,(H,22,27)/t16-/m1/s1. The van der Waals surface area contributed by atoms with E-state index in [2.05, 4.69) is 25.3 Å². The Morgan fingerprint density at radius 1 is 1.31 bits per heavy atom. The molecule has 3 heterocycles. The minimum absolute atomic E-state index is 0.0460. The van der Waals surface area contributed by atoms with Gasteiger partial charge in [0.15, 0.2) is 0 Å². The summed E-state index contributed by atoms with van der Waals surface area (Å²) in [5, 5.41) is 7.92. The molecule has 1 fully saturated rings. The molecule has 1 aliphatic rings. The number of hydrogen-bond acceptors (Lipinski definition) is 7. The van der Waals surface area contributed by atoms with E-state index >= 15 is 0 Å². The Balaban J connectivity index is 1.49. The van der Waals surface area contributed by atoms with E-state index in [0.29, 0.717) is 24.6 Å². The maximum atomic E-state index is 12.9. The van der Waals surface area contributed by atoms with Crippen molar-refractivity contribution in [3.05, 3.63) is 41.3 Å². The first kappa shape index (κ1) is 19.2. The van der Waals surface area contributed by atoms with Crippen molar-refractivity contribution in [3.8, 4) is 5.75 Å². The number of rotatable bonds is 5. The number of para-hydroxylation sites is 1. The van der Waals surface area contributed by atoms with Crippen molar-refractivity contribution in [1.82, 2.24) is 20.4 Å². The Bertz CT molecular complexity index is 1030. The zero-order valence-corrected chi connectivity index (χ0v) is 16.9. The lowest BCUT2D eigenvalue weighted by Gasteiger charge is -2.33. The van der Waals surface area contributed by atoms with Crippen LogP contribution < -0.4 is 15.0 Å². The summed E-state index contributed by atoms with van der Waals surface area (Å²) in [6, 6.07) is 7.71. The van der Waals surface area contributed by atoms with Gasteiger partial charge < -0.3 is 19.5 Å². The molecule has 1 amide bonds. The van der Waals surface area contributed by atoms with Crippen molar-refractivity contribution in [2.24, 2.45) is 5.92 Å². The SMILES string of the molecule is COc1ccccc1CNC(=O)[C@@H]1CCCN(c2nc(C)nc3onc(C)c23)C1. The van der Waals surface area contributed by atoms with Gasteiger partial charge in [-0.05, 0) is 32.8 Å². The molecule has 2 aromatic heterocycles. The third-order valence-corrected chi connectivity index (χ3v) is 5.34. The molecule has 0 spiro atoms. The van der Waals surface area contributed by atoms with Crippen LogP contribution in [0.5, 0.6) is 5.75 Å². The summed E-state index contributed by atoms with van der Waals surface area (Å²) in [5.41, 5.74) is 2.22. The van der Waals surface area contributed by atoms with E-state index in [9.17, 15) is 4.79 Å². The molecule has 0 unspecified atom stereocenters. The van der Waals surface area contributed by atoms with Crippen molar-refractivity contribution < 1.29 is 14.1 Å². The average Bonchev–Trinajstić information content (AvgIpc) is 3.12. The number of aryl methyl sites for hydroxylation is 2. The number of benzene rings is 1. The number of piperidine rings is 1. The number of ether oxygens (including phenoxy) is 1. The second kappa shape index (κ2) is 8.06. The molecule has 1 N–H and O–H groups in total. The van der Waals surface area contributed by atoms with Crippen LogP contribution in [0.1, 0.15) is 29.9 Å². The first-order chi connectivity index (χ1) is 14.1. The number of methoxy groups -OCH3 is 1. The van der Waals surface area contributed by atoms with Gasteiger partial charge in [0.05, 0.1) is 18.7 Å². The molecule has 0 aliphatic carbocycles. The predicted octanol–water partition coefficient (Wildman–Crippen LogP) is 2.78. The van der Waals surface area contributed by atoms with Gasteiger partial charge in [-0.25, -0.2) is 4.98 Å². The molecule has 1 atom stereocenters. The van der Waals surface area contributed by atoms with Gasteiger partial charge in [0.1, 0.15) is 22.8 Å². The van der Waals surface area contributed by atoms with Crippen LogP contribution in [0.25, 0.3) is 11.1 Å². The van der Waals surface area contributed by atoms with Crippen LogP contribution >= 0.6 is 0 Å². The highest BCUT2D eigenvalue weighted by Crippen LogP contribution is 2.30. The van der Waals surface area contributed by atoms with Gasteiger partial charge >= 0.3 is 0 Å².